The molecule has 0 amide bonds. The molecule has 1 saturated carbocycles. The first-order chi connectivity index (χ1) is 9.39. The summed E-state index contributed by atoms with van der Waals surface area (Å²) >= 11 is 0. The van der Waals surface area contributed by atoms with Gasteiger partial charge in [0.05, 0.1) is 0 Å². The van der Waals surface area contributed by atoms with Gasteiger partial charge in [0.2, 0.25) is 0 Å². The van der Waals surface area contributed by atoms with E-state index in [-0.39, 0.29) is 5.92 Å². The molecule has 0 aromatic rings. The third-order valence-electron chi connectivity index (χ3n) is 5.42. The van der Waals surface area contributed by atoms with Gasteiger partial charge in [-0.2, -0.15) is 0 Å². The largest absolute Gasteiger partial charge is 0.480 e. The molecular formula is C16H30N2O2. The maximum absolute atomic E-state index is 11.6. The smallest absolute Gasteiger partial charge is 0.324 e. The van der Waals surface area contributed by atoms with Crippen molar-refractivity contribution in [2.24, 2.45) is 11.3 Å². The molecule has 0 bridgehead atoms. The topological polar surface area (TPSA) is 52.6 Å². The highest BCUT2D eigenvalue weighted by Gasteiger charge is 2.47. The Morgan fingerprint density at radius 2 is 2.10 bits per heavy atom. The monoisotopic (exact) mass is 282 g/mol. The molecule has 2 fully saturated rings. The second kappa shape index (κ2) is 6.02. The number of aliphatic carboxylic acids is 1. The van der Waals surface area contributed by atoms with Crippen LogP contribution in [0.2, 0.25) is 0 Å². The lowest BCUT2D eigenvalue weighted by Gasteiger charge is -2.39. The molecule has 0 spiro atoms. The molecule has 1 aliphatic carbocycles. The van der Waals surface area contributed by atoms with Gasteiger partial charge in [-0.25, -0.2) is 0 Å². The minimum Gasteiger partial charge on any atom is -0.480 e. The average molecular weight is 282 g/mol. The van der Waals surface area contributed by atoms with E-state index < -0.39 is 11.5 Å². The highest BCUT2D eigenvalue weighted by molar-refractivity contribution is 5.79. The van der Waals surface area contributed by atoms with E-state index in [9.17, 15) is 9.90 Å². The Morgan fingerprint density at radius 1 is 1.35 bits per heavy atom. The van der Waals surface area contributed by atoms with Crippen LogP contribution in [0.1, 0.15) is 52.4 Å². The maximum Gasteiger partial charge on any atom is 0.324 e. The van der Waals surface area contributed by atoms with Crippen molar-refractivity contribution in [2.45, 2.75) is 57.9 Å². The van der Waals surface area contributed by atoms with Crippen LogP contribution in [0.3, 0.4) is 0 Å². The van der Waals surface area contributed by atoms with Crippen molar-refractivity contribution in [3.8, 4) is 0 Å². The van der Waals surface area contributed by atoms with Crippen LogP contribution in [-0.2, 0) is 4.79 Å². The van der Waals surface area contributed by atoms with Gasteiger partial charge in [-0.3, -0.25) is 4.79 Å². The molecule has 0 aromatic carbocycles. The van der Waals surface area contributed by atoms with E-state index in [0.717, 1.165) is 38.8 Å². The van der Waals surface area contributed by atoms with Gasteiger partial charge in [0.25, 0.3) is 0 Å². The Kier molecular flexibility index (Phi) is 4.75. The van der Waals surface area contributed by atoms with Crippen LogP contribution in [0.4, 0.5) is 0 Å². The fraction of sp³-hybridized carbons (Fsp3) is 0.938. The first kappa shape index (κ1) is 15.8. The summed E-state index contributed by atoms with van der Waals surface area (Å²) in [6, 6.07) is 0. The molecule has 2 unspecified atom stereocenters. The Labute approximate surface area is 122 Å². The number of nitrogens with one attached hydrogen (secondary N) is 1. The fourth-order valence-corrected chi connectivity index (χ4v) is 4.26. The quantitative estimate of drug-likeness (QED) is 0.812. The van der Waals surface area contributed by atoms with Crippen molar-refractivity contribution >= 4 is 5.97 Å². The highest BCUT2D eigenvalue weighted by Crippen LogP contribution is 2.38. The fourth-order valence-electron chi connectivity index (χ4n) is 4.26. The summed E-state index contributed by atoms with van der Waals surface area (Å²) in [5.74, 6) is -0.392. The summed E-state index contributed by atoms with van der Waals surface area (Å²) in [7, 11) is 1.80. The molecule has 20 heavy (non-hydrogen) atoms. The predicted molar refractivity (Wildman–Crippen MR) is 80.8 cm³/mol. The molecule has 2 aliphatic rings. The number of piperidine rings is 1. The molecule has 1 aliphatic heterocycles. The molecule has 116 valence electrons. The van der Waals surface area contributed by atoms with Gasteiger partial charge in [0.1, 0.15) is 5.54 Å². The normalized spacial score (nSPS) is 34.2. The summed E-state index contributed by atoms with van der Waals surface area (Å²) in [6.45, 7) is 8.05. The van der Waals surface area contributed by atoms with Gasteiger partial charge in [-0.15, -0.1) is 0 Å². The van der Waals surface area contributed by atoms with E-state index >= 15 is 0 Å². The van der Waals surface area contributed by atoms with Crippen LogP contribution in [0.15, 0.2) is 0 Å². The van der Waals surface area contributed by atoms with Crippen molar-refractivity contribution in [3.05, 3.63) is 0 Å². The molecular weight excluding hydrogens is 252 g/mol. The van der Waals surface area contributed by atoms with Gasteiger partial charge in [-0.1, -0.05) is 20.3 Å². The van der Waals surface area contributed by atoms with E-state index in [0.29, 0.717) is 5.41 Å². The van der Waals surface area contributed by atoms with Crippen molar-refractivity contribution in [3.63, 3.8) is 0 Å². The lowest BCUT2D eigenvalue weighted by molar-refractivity contribution is -0.146. The van der Waals surface area contributed by atoms with Gasteiger partial charge < -0.3 is 15.3 Å². The summed E-state index contributed by atoms with van der Waals surface area (Å²) in [6.07, 6.45) is 6.43. The maximum atomic E-state index is 11.6. The standard InChI is InChI=1S/C16H30N2O2/c1-15(2)8-5-10-18(12-15)11-7-13-6-4-9-16(13,17-3)14(19)20/h13,17H,4-12H2,1-3H3,(H,19,20). The zero-order valence-corrected chi connectivity index (χ0v) is 13.2. The summed E-state index contributed by atoms with van der Waals surface area (Å²) in [5.41, 5.74) is -0.258. The molecule has 2 atom stereocenters. The van der Waals surface area contributed by atoms with E-state index in [4.69, 9.17) is 0 Å². The zero-order chi connectivity index (χ0) is 14.8. The molecule has 0 radical (unpaired) electrons. The summed E-state index contributed by atoms with van der Waals surface area (Å²) in [4.78, 5) is 14.2. The van der Waals surface area contributed by atoms with Crippen LogP contribution in [0.25, 0.3) is 0 Å². The third-order valence-corrected chi connectivity index (χ3v) is 5.42. The molecule has 4 nitrogen and oxygen atoms in total. The lowest BCUT2D eigenvalue weighted by Crippen LogP contribution is -2.54. The predicted octanol–water partition coefficient (Wildman–Crippen LogP) is 2.34. The number of carboxylic acid groups (broad SMARTS) is 1. The first-order valence-corrected chi connectivity index (χ1v) is 8.04. The van der Waals surface area contributed by atoms with Crippen LogP contribution < -0.4 is 5.32 Å². The molecule has 2 rings (SSSR count). The Morgan fingerprint density at radius 3 is 2.70 bits per heavy atom. The van der Waals surface area contributed by atoms with Crippen molar-refractivity contribution in [1.29, 1.82) is 0 Å². The first-order valence-electron chi connectivity index (χ1n) is 8.04. The Hall–Kier alpha value is -0.610. The number of hydrogen-bond acceptors (Lipinski definition) is 3. The number of carbonyl (C=O) groups is 1. The minimum absolute atomic E-state index is 0.273. The number of likely N-dealkylation sites (tertiary alicyclic amines) is 1. The SMILES string of the molecule is CNC1(C(=O)O)CCCC1CCN1CCCC(C)(C)C1. The van der Waals surface area contributed by atoms with Crippen molar-refractivity contribution in [1.82, 2.24) is 10.2 Å². The molecule has 0 aromatic heterocycles. The highest BCUT2D eigenvalue weighted by atomic mass is 16.4. The summed E-state index contributed by atoms with van der Waals surface area (Å²) < 4.78 is 0. The summed E-state index contributed by atoms with van der Waals surface area (Å²) in [5, 5.41) is 12.7. The van der Waals surface area contributed by atoms with E-state index in [1.54, 1.807) is 7.05 Å². The Balaban J connectivity index is 1.91. The second-order valence-corrected chi connectivity index (χ2v) is 7.45. The third kappa shape index (κ3) is 3.17. The average Bonchev–Trinajstić information content (AvgIpc) is 2.79. The Bertz CT molecular complexity index is 356. The van der Waals surface area contributed by atoms with Crippen molar-refractivity contribution < 1.29 is 9.90 Å². The number of nitrogens with zero attached hydrogens (tertiary/aromatic N) is 1. The molecule has 2 N–H and O–H groups in total. The van der Waals surface area contributed by atoms with Gasteiger partial charge >= 0.3 is 5.97 Å². The van der Waals surface area contributed by atoms with Crippen LogP contribution >= 0.6 is 0 Å². The lowest BCUT2D eigenvalue weighted by atomic mass is 9.82. The minimum atomic E-state index is -0.675. The van der Waals surface area contributed by atoms with Crippen molar-refractivity contribution in [2.75, 3.05) is 26.7 Å². The number of hydrogen-bond donors (Lipinski definition) is 2. The van der Waals surface area contributed by atoms with Crippen LogP contribution in [-0.4, -0.2) is 48.2 Å². The molecule has 1 heterocycles. The van der Waals surface area contributed by atoms with E-state index in [1.165, 1.54) is 19.4 Å². The second-order valence-electron chi connectivity index (χ2n) is 7.45. The number of carboxylic acids is 1. The number of likely N-dealkylation sites (N-methyl/N-ethyl adjacent to an activating group) is 1. The van der Waals surface area contributed by atoms with Crippen LogP contribution in [0.5, 0.6) is 0 Å². The number of rotatable bonds is 5. The van der Waals surface area contributed by atoms with Crippen LogP contribution in [0, 0.1) is 11.3 Å². The molecule has 1 saturated heterocycles. The molecule has 4 heteroatoms. The zero-order valence-electron chi connectivity index (χ0n) is 13.2. The van der Waals surface area contributed by atoms with Gasteiger partial charge in [0, 0.05) is 6.54 Å². The van der Waals surface area contributed by atoms with Gasteiger partial charge in [0.15, 0.2) is 0 Å². The van der Waals surface area contributed by atoms with E-state index in [1.807, 2.05) is 0 Å². The van der Waals surface area contributed by atoms with Gasteiger partial charge in [-0.05, 0) is 63.6 Å². The van der Waals surface area contributed by atoms with E-state index in [2.05, 4.69) is 24.1 Å².